The van der Waals surface area contributed by atoms with Gasteiger partial charge in [0.1, 0.15) is 6.10 Å². The van der Waals surface area contributed by atoms with Gasteiger partial charge in [-0.2, -0.15) is 0 Å². The predicted molar refractivity (Wildman–Crippen MR) is 168 cm³/mol. The smallest absolute Gasteiger partial charge is 0.337 e. The second-order valence-corrected chi connectivity index (χ2v) is 11.2. The predicted octanol–water partition coefficient (Wildman–Crippen LogP) is 0.726. The highest BCUT2D eigenvalue weighted by molar-refractivity contribution is 6.26. The first-order valence-corrected chi connectivity index (χ1v) is 14.2. The summed E-state index contributed by atoms with van der Waals surface area (Å²) in [5.74, 6) is -11.3. The van der Waals surface area contributed by atoms with E-state index in [2.05, 4.69) is 0 Å². The molecule has 1 saturated carbocycles. The van der Waals surface area contributed by atoms with Crippen LogP contribution in [0.4, 0.5) is 0 Å². The number of aliphatic hydroxyl groups excluding tert-OH is 2. The molecule has 256 valence electrons. The molecule has 1 aliphatic rings. The summed E-state index contributed by atoms with van der Waals surface area (Å²) in [5.41, 5.74) is -11.8. The van der Waals surface area contributed by atoms with Gasteiger partial charge in [0.2, 0.25) is 0 Å². The number of phenols is 6. The lowest BCUT2D eigenvalue weighted by Crippen LogP contribution is -2.82. The molecule has 0 saturated heterocycles. The minimum atomic E-state index is -3.95. The SMILES string of the molecule is O=C(O)C1(O)C[C@@H](O)C(O)[C@@](O)(C(=O)/C=C/c2ccc(O)c(O)c2)C1(C(=O)/C=C/c1ccc(O)c(O)c1)C(=O)/C=C/c1ccc(O)c(O)c1. The number of hydrogen-bond acceptors (Lipinski definition) is 14. The Kier molecular flexibility index (Phi) is 9.69. The van der Waals surface area contributed by atoms with E-state index < -0.39 is 93.1 Å². The van der Waals surface area contributed by atoms with Gasteiger partial charge in [0.15, 0.2) is 68.5 Å². The van der Waals surface area contributed by atoms with Gasteiger partial charge < -0.3 is 56.2 Å². The maximum Gasteiger partial charge on any atom is 0.337 e. The molecule has 0 heterocycles. The van der Waals surface area contributed by atoms with E-state index in [-0.39, 0.29) is 16.7 Å². The number of carbonyl (C=O) groups excluding carboxylic acids is 3. The molecule has 2 unspecified atom stereocenters. The van der Waals surface area contributed by atoms with E-state index in [1.807, 2.05) is 0 Å². The van der Waals surface area contributed by atoms with Gasteiger partial charge in [-0.1, -0.05) is 36.4 Å². The zero-order valence-electron chi connectivity index (χ0n) is 25.1. The molecule has 0 bridgehead atoms. The van der Waals surface area contributed by atoms with Crippen LogP contribution in [0.2, 0.25) is 0 Å². The first-order valence-electron chi connectivity index (χ1n) is 14.2. The number of aliphatic carboxylic acids is 1. The number of allylic oxidation sites excluding steroid dienone is 2. The maximum atomic E-state index is 14.3. The zero-order chi connectivity index (χ0) is 36.5. The molecular weight excluding hydrogens is 648 g/mol. The quantitative estimate of drug-likeness (QED) is 0.0800. The molecule has 11 N–H and O–H groups in total. The summed E-state index contributed by atoms with van der Waals surface area (Å²) in [4.78, 5) is 55.4. The topological polar surface area (TPSA) is 291 Å². The van der Waals surface area contributed by atoms with Gasteiger partial charge in [-0.05, 0) is 71.3 Å². The third kappa shape index (κ3) is 6.10. The lowest BCUT2D eigenvalue weighted by Gasteiger charge is -2.56. The Hall–Kier alpha value is -6.00. The Bertz CT molecular complexity index is 1850. The van der Waals surface area contributed by atoms with Crippen LogP contribution < -0.4 is 0 Å². The lowest BCUT2D eigenvalue weighted by molar-refractivity contribution is -0.259. The molecule has 0 aromatic heterocycles. The highest BCUT2D eigenvalue weighted by Gasteiger charge is 2.80. The van der Waals surface area contributed by atoms with Crippen molar-refractivity contribution >= 4 is 41.5 Å². The van der Waals surface area contributed by atoms with E-state index in [4.69, 9.17) is 0 Å². The molecule has 15 heteroatoms. The van der Waals surface area contributed by atoms with Crippen molar-refractivity contribution in [2.75, 3.05) is 0 Å². The van der Waals surface area contributed by atoms with Crippen molar-refractivity contribution in [3.8, 4) is 34.5 Å². The Morgan fingerprint density at radius 3 is 1.24 bits per heavy atom. The molecule has 0 aliphatic heterocycles. The molecule has 3 aromatic rings. The molecule has 0 amide bonds. The van der Waals surface area contributed by atoms with Gasteiger partial charge in [-0.3, -0.25) is 14.4 Å². The Morgan fingerprint density at radius 1 is 0.571 bits per heavy atom. The van der Waals surface area contributed by atoms with Crippen molar-refractivity contribution in [1.29, 1.82) is 0 Å². The summed E-state index contributed by atoms with van der Waals surface area (Å²) < 4.78 is 0. The number of carboxylic acid groups (broad SMARTS) is 1. The molecular formula is C34H30O15. The average Bonchev–Trinajstić information content (AvgIpc) is 3.05. The molecule has 4 rings (SSSR count). The fraction of sp³-hybridized carbons (Fsp3) is 0.176. The monoisotopic (exact) mass is 678 g/mol. The number of rotatable bonds is 10. The van der Waals surface area contributed by atoms with Crippen LogP contribution >= 0.6 is 0 Å². The van der Waals surface area contributed by atoms with E-state index >= 15 is 0 Å². The van der Waals surface area contributed by atoms with Crippen LogP contribution in [0.15, 0.2) is 72.8 Å². The Labute approximate surface area is 276 Å². The van der Waals surface area contributed by atoms with Crippen molar-refractivity contribution < 1.29 is 75.3 Å². The summed E-state index contributed by atoms with van der Waals surface area (Å²) in [6, 6.07) is 9.40. The van der Waals surface area contributed by atoms with Crippen LogP contribution in [-0.2, 0) is 19.2 Å². The van der Waals surface area contributed by atoms with Crippen LogP contribution in [0.5, 0.6) is 34.5 Å². The standard InChI is InChI=1S/C34H30O15/c35-20-7-1-17(13-23(20)38)4-10-27(42)33(28(43)11-5-18-2-8-21(36)24(39)14-18)32(48,31(46)47)16-26(41)30(45)34(33,49)29(44)12-6-19-3-9-22(37)25(40)15-19/h1-15,26,30,35-41,45,48-49H,16H2,(H,46,47)/b10-4+,11-5+,12-6+/t26-,30?,32?,34+/m1/s1. The van der Waals surface area contributed by atoms with E-state index in [1.165, 1.54) is 18.2 Å². The number of benzene rings is 3. The van der Waals surface area contributed by atoms with Gasteiger partial charge in [0.25, 0.3) is 0 Å². The number of hydrogen-bond donors (Lipinski definition) is 11. The summed E-state index contributed by atoms with van der Waals surface area (Å²) in [6.07, 6.45) is -2.63. The first kappa shape index (κ1) is 35.8. The Morgan fingerprint density at radius 2 is 0.918 bits per heavy atom. The molecule has 4 atom stereocenters. The van der Waals surface area contributed by atoms with Gasteiger partial charge in [-0.25, -0.2) is 4.79 Å². The molecule has 3 aromatic carbocycles. The zero-order valence-corrected chi connectivity index (χ0v) is 25.1. The summed E-state index contributed by atoms with van der Waals surface area (Å²) in [5, 5.41) is 114. The number of carboxylic acids is 1. The van der Waals surface area contributed by atoms with Crippen LogP contribution in [0, 0.1) is 5.41 Å². The van der Waals surface area contributed by atoms with E-state index in [0.29, 0.717) is 18.2 Å². The minimum absolute atomic E-state index is 0.0195. The van der Waals surface area contributed by atoms with Crippen LogP contribution in [0.25, 0.3) is 18.2 Å². The lowest BCUT2D eigenvalue weighted by atomic mass is 9.48. The third-order valence-electron chi connectivity index (χ3n) is 8.24. The van der Waals surface area contributed by atoms with Gasteiger partial charge in [0, 0.05) is 6.42 Å². The number of phenolic OH excluding ortho intramolecular Hbond substituents is 6. The highest BCUT2D eigenvalue weighted by atomic mass is 16.4. The van der Waals surface area contributed by atoms with Crippen molar-refractivity contribution in [1.82, 2.24) is 0 Å². The summed E-state index contributed by atoms with van der Waals surface area (Å²) in [6.45, 7) is 0. The second-order valence-electron chi connectivity index (χ2n) is 11.2. The largest absolute Gasteiger partial charge is 0.504 e. The molecule has 0 radical (unpaired) electrons. The number of ketones is 3. The van der Waals surface area contributed by atoms with Crippen molar-refractivity contribution in [3.63, 3.8) is 0 Å². The maximum absolute atomic E-state index is 14.3. The minimum Gasteiger partial charge on any atom is -0.504 e. The van der Waals surface area contributed by atoms with Gasteiger partial charge in [-0.15, -0.1) is 0 Å². The van der Waals surface area contributed by atoms with E-state index in [0.717, 1.165) is 54.6 Å². The third-order valence-corrected chi connectivity index (χ3v) is 8.24. The van der Waals surface area contributed by atoms with Crippen molar-refractivity contribution in [2.24, 2.45) is 5.41 Å². The Balaban J connectivity index is 2.01. The second kappa shape index (κ2) is 13.2. The van der Waals surface area contributed by atoms with E-state index in [9.17, 15) is 75.3 Å². The highest BCUT2D eigenvalue weighted by Crippen LogP contribution is 2.54. The molecule has 1 fully saturated rings. The van der Waals surface area contributed by atoms with Crippen LogP contribution in [-0.4, -0.2) is 103 Å². The summed E-state index contributed by atoms with van der Waals surface area (Å²) >= 11 is 0. The van der Waals surface area contributed by atoms with Crippen LogP contribution in [0.1, 0.15) is 23.1 Å². The van der Waals surface area contributed by atoms with Crippen molar-refractivity contribution in [2.45, 2.75) is 29.8 Å². The van der Waals surface area contributed by atoms with Gasteiger partial charge >= 0.3 is 5.97 Å². The fourth-order valence-electron chi connectivity index (χ4n) is 5.69. The van der Waals surface area contributed by atoms with Crippen LogP contribution in [0.3, 0.4) is 0 Å². The first-order chi connectivity index (χ1) is 22.9. The van der Waals surface area contributed by atoms with E-state index in [1.54, 1.807) is 0 Å². The van der Waals surface area contributed by atoms with Gasteiger partial charge in [0.05, 0.1) is 6.10 Å². The molecule has 15 nitrogen and oxygen atoms in total. The average molecular weight is 679 g/mol. The number of carbonyl (C=O) groups is 4. The summed E-state index contributed by atoms with van der Waals surface area (Å²) in [7, 11) is 0. The number of aromatic hydroxyl groups is 6. The van der Waals surface area contributed by atoms with Crippen molar-refractivity contribution in [3.05, 3.63) is 89.5 Å². The molecule has 49 heavy (non-hydrogen) atoms. The molecule has 1 aliphatic carbocycles. The number of aliphatic hydroxyl groups is 4. The molecule has 0 spiro atoms. The fourth-order valence-corrected chi connectivity index (χ4v) is 5.69. The normalized spacial score (nSPS) is 23.6.